The molecule has 2 aromatic heterocycles. The van der Waals surface area contributed by atoms with Crippen molar-refractivity contribution >= 4 is 33.7 Å². The molecule has 170 valence electrons. The first-order valence-corrected chi connectivity index (χ1v) is 12.9. The fourth-order valence-electron chi connectivity index (χ4n) is 4.10. The van der Waals surface area contributed by atoms with Gasteiger partial charge in [-0.15, -0.1) is 22.7 Å². The molecule has 0 fully saturated rings. The Hall–Kier alpha value is -2.35. The van der Waals surface area contributed by atoms with Crippen LogP contribution in [0.15, 0.2) is 24.3 Å². The van der Waals surface area contributed by atoms with Crippen LogP contribution in [0.4, 0.5) is 9.80 Å². The molecule has 3 heterocycles. The molecule has 0 atom stereocenters. The molecule has 3 aromatic rings. The van der Waals surface area contributed by atoms with Crippen molar-refractivity contribution in [1.29, 1.82) is 0 Å². The second-order valence-corrected chi connectivity index (χ2v) is 10.5. The number of anilines is 1. The summed E-state index contributed by atoms with van der Waals surface area (Å²) in [7, 11) is 0. The summed E-state index contributed by atoms with van der Waals surface area (Å²) in [5.41, 5.74) is 6.08. The van der Waals surface area contributed by atoms with Crippen LogP contribution in [0.1, 0.15) is 51.8 Å². The lowest BCUT2D eigenvalue weighted by Crippen LogP contribution is -2.29. The van der Waals surface area contributed by atoms with Crippen LogP contribution in [0.2, 0.25) is 0 Å². The second-order valence-electron chi connectivity index (χ2n) is 8.30. The molecule has 4 N–H and O–H groups in total. The van der Waals surface area contributed by atoms with E-state index in [0.717, 1.165) is 36.5 Å². The zero-order chi connectivity index (χ0) is 22.7. The van der Waals surface area contributed by atoms with Gasteiger partial charge in [-0.25, -0.2) is 4.79 Å². The fraction of sp³-hybridized carbons (Fsp3) is 0.400. The van der Waals surface area contributed by atoms with Crippen molar-refractivity contribution in [2.45, 2.75) is 59.5 Å². The topological polar surface area (TPSA) is 73.4 Å². The highest BCUT2D eigenvalue weighted by atomic mass is 32.1. The van der Waals surface area contributed by atoms with E-state index in [2.05, 4.69) is 36.7 Å². The normalized spacial score (nSPS) is 13.1. The number of carbonyl (C=O) groups is 1. The zero-order valence-electron chi connectivity index (χ0n) is 18.9. The molecule has 1 aromatic carbocycles. The number of rotatable bonds is 7. The van der Waals surface area contributed by atoms with Crippen LogP contribution in [0.5, 0.6) is 5.75 Å². The van der Waals surface area contributed by atoms with Crippen LogP contribution < -0.4 is 16.0 Å². The molecule has 0 saturated heterocycles. The van der Waals surface area contributed by atoms with Crippen molar-refractivity contribution in [3.63, 3.8) is 0 Å². The molecule has 0 unspecified atom stereocenters. The van der Waals surface area contributed by atoms with Gasteiger partial charge in [-0.05, 0) is 91.7 Å². The number of phenols is 1. The Balaban J connectivity index is 1.51. The van der Waals surface area contributed by atoms with Gasteiger partial charge in [-0.1, -0.05) is 13.3 Å². The number of phenolic OH excluding ortho intramolecular Hbond substituents is 1. The SMILES string of the molecule is CCCCc1sc(NC(=O)NCc2c(-c3ccc(O)cc3)sc3c2CCNC3)c(C)c1C. The van der Waals surface area contributed by atoms with Gasteiger partial charge in [-0.3, -0.25) is 5.32 Å². The number of urea groups is 1. The maximum atomic E-state index is 12.8. The summed E-state index contributed by atoms with van der Waals surface area (Å²) in [6.45, 7) is 8.74. The standard InChI is InChI=1S/C25H31N3O2S2/c1-4-5-6-21-15(2)16(3)24(32-21)28-25(30)27-13-20-19-11-12-26-14-22(19)31-23(20)17-7-9-18(29)10-8-17/h7-10,26,29H,4-6,11-14H2,1-3H3,(H2,27,28,30). The Morgan fingerprint density at radius 1 is 1.16 bits per heavy atom. The van der Waals surface area contributed by atoms with Crippen LogP contribution in [0.25, 0.3) is 10.4 Å². The third kappa shape index (κ3) is 4.85. The van der Waals surface area contributed by atoms with E-state index < -0.39 is 0 Å². The summed E-state index contributed by atoms with van der Waals surface area (Å²) in [5.74, 6) is 0.260. The number of carbonyl (C=O) groups excluding carboxylic acids is 1. The first-order chi connectivity index (χ1) is 15.5. The molecule has 0 aliphatic carbocycles. The summed E-state index contributed by atoms with van der Waals surface area (Å²) in [5, 5.41) is 20.2. The van der Waals surface area contributed by atoms with Crippen molar-refractivity contribution in [1.82, 2.24) is 10.6 Å². The van der Waals surface area contributed by atoms with Gasteiger partial charge in [-0.2, -0.15) is 0 Å². The molecule has 0 spiro atoms. The van der Waals surface area contributed by atoms with Gasteiger partial charge in [0.05, 0.1) is 5.00 Å². The zero-order valence-corrected chi connectivity index (χ0v) is 20.6. The third-order valence-corrected chi connectivity index (χ3v) is 8.82. The van der Waals surface area contributed by atoms with Gasteiger partial charge >= 0.3 is 6.03 Å². The maximum Gasteiger partial charge on any atom is 0.320 e. The number of unbranched alkanes of at least 4 members (excludes halogenated alkanes) is 1. The van der Waals surface area contributed by atoms with Gasteiger partial charge in [0.15, 0.2) is 0 Å². The molecule has 7 heteroatoms. The molecule has 0 saturated carbocycles. The molecule has 0 radical (unpaired) electrons. The lowest BCUT2D eigenvalue weighted by molar-refractivity contribution is 0.252. The molecule has 1 aliphatic rings. The summed E-state index contributed by atoms with van der Waals surface area (Å²) in [4.78, 5) is 16.7. The van der Waals surface area contributed by atoms with E-state index >= 15 is 0 Å². The molecule has 1 aliphatic heterocycles. The minimum Gasteiger partial charge on any atom is -0.508 e. The van der Waals surface area contributed by atoms with Gasteiger partial charge in [0.2, 0.25) is 0 Å². The smallest absolute Gasteiger partial charge is 0.320 e. The predicted molar refractivity (Wildman–Crippen MR) is 135 cm³/mol. The van der Waals surface area contributed by atoms with Crippen molar-refractivity contribution in [3.8, 4) is 16.2 Å². The first-order valence-electron chi connectivity index (χ1n) is 11.2. The Morgan fingerprint density at radius 2 is 1.94 bits per heavy atom. The number of thiophene rings is 2. The largest absolute Gasteiger partial charge is 0.508 e. The van der Waals surface area contributed by atoms with Gasteiger partial charge < -0.3 is 15.7 Å². The van der Waals surface area contributed by atoms with Gasteiger partial charge in [0, 0.05) is 27.7 Å². The maximum absolute atomic E-state index is 12.8. The molecule has 5 nitrogen and oxygen atoms in total. The van der Waals surface area contributed by atoms with E-state index in [9.17, 15) is 9.90 Å². The van der Waals surface area contributed by atoms with Crippen LogP contribution >= 0.6 is 22.7 Å². The van der Waals surface area contributed by atoms with Crippen molar-refractivity contribution in [2.75, 3.05) is 11.9 Å². The van der Waals surface area contributed by atoms with Crippen LogP contribution in [-0.4, -0.2) is 17.7 Å². The number of amides is 2. The summed E-state index contributed by atoms with van der Waals surface area (Å²) >= 11 is 3.48. The number of benzene rings is 1. The average molecular weight is 470 g/mol. The van der Waals surface area contributed by atoms with Crippen molar-refractivity contribution in [3.05, 3.63) is 56.3 Å². The fourth-order valence-corrected chi connectivity index (χ4v) is 6.69. The highest BCUT2D eigenvalue weighted by Gasteiger charge is 2.22. The Labute approximate surface area is 197 Å². The highest BCUT2D eigenvalue weighted by Crippen LogP contribution is 2.39. The summed E-state index contributed by atoms with van der Waals surface area (Å²) in [6, 6.07) is 7.16. The van der Waals surface area contributed by atoms with Crippen LogP contribution in [0, 0.1) is 13.8 Å². The van der Waals surface area contributed by atoms with Crippen molar-refractivity contribution in [2.24, 2.45) is 0 Å². The number of hydrogen-bond donors (Lipinski definition) is 4. The lowest BCUT2D eigenvalue weighted by Gasteiger charge is -2.15. The number of aromatic hydroxyl groups is 1. The molecule has 32 heavy (non-hydrogen) atoms. The number of aryl methyl sites for hydroxylation is 1. The molecular formula is C25H31N3O2S2. The minimum atomic E-state index is -0.165. The van der Waals surface area contributed by atoms with Gasteiger partial charge in [0.25, 0.3) is 0 Å². The Kier molecular flexibility index (Phi) is 7.18. The number of fused-ring (bicyclic) bond motifs is 1. The van der Waals surface area contributed by atoms with E-state index in [4.69, 9.17) is 0 Å². The average Bonchev–Trinajstić information content (AvgIpc) is 3.29. The monoisotopic (exact) mass is 469 g/mol. The van der Waals surface area contributed by atoms with E-state index in [1.807, 2.05) is 12.1 Å². The molecule has 4 rings (SSSR count). The van der Waals surface area contributed by atoms with E-state index in [-0.39, 0.29) is 11.8 Å². The quantitative estimate of drug-likeness (QED) is 0.337. The summed E-state index contributed by atoms with van der Waals surface area (Å²) < 4.78 is 0. The first kappa shape index (κ1) is 22.8. The van der Waals surface area contributed by atoms with Crippen LogP contribution in [0.3, 0.4) is 0 Å². The van der Waals surface area contributed by atoms with E-state index in [0.29, 0.717) is 6.54 Å². The lowest BCUT2D eigenvalue weighted by atomic mass is 10.00. The Morgan fingerprint density at radius 3 is 2.69 bits per heavy atom. The summed E-state index contributed by atoms with van der Waals surface area (Å²) in [6.07, 6.45) is 4.38. The van der Waals surface area contributed by atoms with E-state index in [1.54, 1.807) is 34.8 Å². The highest BCUT2D eigenvalue weighted by molar-refractivity contribution is 7.16. The third-order valence-electron chi connectivity index (χ3n) is 6.12. The van der Waals surface area contributed by atoms with Crippen LogP contribution in [-0.2, 0) is 25.9 Å². The number of nitrogens with one attached hydrogen (secondary N) is 3. The second kappa shape index (κ2) is 10.1. The minimum absolute atomic E-state index is 0.165. The number of hydrogen-bond acceptors (Lipinski definition) is 5. The molecular weight excluding hydrogens is 438 g/mol. The Bertz CT molecular complexity index is 1100. The molecule has 0 bridgehead atoms. The van der Waals surface area contributed by atoms with Gasteiger partial charge in [0.1, 0.15) is 5.75 Å². The van der Waals surface area contributed by atoms with E-state index in [1.165, 1.54) is 49.7 Å². The predicted octanol–water partition coefficient (Wildman–Crippen LogP) is 6.11. The van der Waals surface area contributed by atoms with Crippen molar-refractivity contribution < 1.29 is 9.90 Å². The molecule has 2 amide bonds.